The van der Waals surface area contributed by atoms with Gasteiger partial charge in [-0.05, 0) is 44.0 Å². The van der Waals surface area contributed by atoms with Gasteiger partial charge in [0.05, 0.1) is 5.75 Å². The van der Waals surface area contributed by atoms with E-state index in [1.807, 2.05) is 46.7 Å². The summed E-state index contributed by atoms with van der Waals surface area (Å²) in [5.41, 5.74) is 3.19. The van der Waals surface area contributed by atoms with Crippen LogP contribution in [0.5, 0.6) is 0 Å². The van der Waals surface area contributed by atoms with Crippen molar-refractivity contribution in [2.24, 2.45) is 0 Å². The molecule has 0 saturated heterocycles. The maximum atomic E-state index is 12.9. The smallest absolute Gasteiger partial charge is 0.237 e. The number of carbonyl (C=O) groups excluding carboxylic acids is 1. The average molecular weight is 379 g/mol. The van der Waals surface area contributed by atoms with Crippen molar-refractivity contribution >= 4 is 23.4 Å². The number of amides is 1. The van der Waals surface area contributed by atoms with Gasteiger partial charge in [-0.1, -0.05) is 30.0 Å². The Morgan fingerprint density at radius 2 is 2.07 bits per heavy atom. The molecule has 1 amide bonds. The van der Waals surface area contributed by atoms with Crippen LogP contribution < -0.4 is 4.90 Å². The number of anilines is 1. The van der Waals surface area contributed by atoms with Gasteiger partial charge in [0.1, 0.15) is 0 Å². The zero-order valence-electron chi connectivity index (χ0n) is 15.4. The Bertz CT molecular complexity index is 956. The minimum atomic E-state index is 0.103. The molecule has 3 heterocycles. The molecule has 1 aliphatic rings. The van der Waals surface area contributed by atoms with E-state index in [1.54, 1.807) is 12.4 Å². The van der Waals surface area contributed by atoms with Gasteiger partial charge in [0, 0.05) is 36.2 Å². The second kappa shape index (κ2) is 7.52. The third-order valence-electron chi connectivity index (χ3n) is 4.75. The number of hydrogen-bond donors (Lipinski definition) is 0. The first-order chi connectivity index (χ1) is 13.2. The number of aromatic nitrogens is 4. The van der Waals surface area contributed by atoms with Crippen molar-refractivity contribution in [1.29, 1.82) is 0 Å². The van der Waals surface area contributed by atoms with Crippen LogP contribution in [0.2, 0.25) is 0 Å². The first kappa shape index (κ1) is 17.7. The largest absolute Gasteiger partial charge is 0.308 e. The van der Waals surface area contributed by atoms with Crippen LogP contribution in [0, 0.1) is 0 Å². The molecule has 0 N–H and O–H groups in total. The zero-order valence-corrected chi connectivity index (χ0v) is 16.2. The quantitative estimate of drug-likeness (QED) is 0.636. The average Bonchev–Trinajstić information content (AvgIpc) is 3.26. The number of pyridine rings is 1. The van der Waals surface area contributed by atoms with E-state index in [-0.39, 0.29) is 11.9 Å². The predicted octanol–water partition coefficient (Wildman–Crippen LogP) is 3.43. The molecule has 138 valence electrons. The van der Waals surface area contributed by atoms with Gasteiger partial charge in [0.2, 0.25) is 5.91 Å². The summed E-state index contributed by atoms with van der Waals surface area (Å²) >= 11 is 1.44. The summed E-state index contributed by atoms with van der Waals surface area (Å²) in [5, 5.41) is 9.37. The molecule has 0 radical (unpaired) electrons. The Hall–Kier alpha value is -2.67. The second-order valence-corrected chi connectivity index (χ2v) is 7.47. The van der Waals surface area contributed by atoms with Crippen LogP contribution in [0.25, 0.3) is 11.4 Å². The fourth-order valence-corrected chi connectivity index (χ4v) is 4.39. The second-order valence-electron chi connectivity index (χ2n) is 6.53. The summed E-state index contributed by atoms with van der Waals surface area (Å²) in [5.74, 6) is 1.22. The van der Waals surface area contributed by atoms with E-state index in [9.17, 15) is 4.79 Å². The molecular weight excluding hydrogens is 358 g/mol. The number of thioether (sulfide) groups is 1. The van der Waals surface area contributed by atoms with E-state index in [4.69, 9.17) is 0 Å². The van der Waals surface area contributed by atoms with Crippen LogP contribution in [-0.2, 0) is 17.8 Å². The van der Waals surface area contributed by atoms with Crippen LogP contribution in [0.1, 0.15) is 19.4 Å². The van der Waals surface area contributed by atoms with E-state index in [2.05, 4.69) is 28.2 Å². The molecule has 2 aromatic heterocycles. The van der Waals surface area contributed by atoms with Crippen LogP contribution in [0.15, 0.2) is 53.9 Å². The normalized spacial score (nSPS) is 15.8. The van der Waals surface area contributed by atoms with Crippen LogP contribution in [0.3, 0.4) is 0 Å². The predicted molar refractivity (Wildman–Crippen MR) is 107 cm³/mol. The summed E-state index contributed by atoms with van der Waals surface area (Å²) in [6.07, 6.45) is 4.42. The van der Waals surface area contributed by atoms with Crippen LogP contribution >= 0.6 is 11.8 Å². The minimum Gasteiger partial charge on any atom is -0.308 e. The molecule has 0 spiro atoms. The molecule has 1 aliphatic heterocycles. The Balaban J connectivity index is 1.51. The maximum Gasteiger partial charge on any atom is 0.237 e. The molecule has 0 fully saturated rings. The SMILES string of the molecule is CCn1c(SCC(=O)N2c3ccccc3CC2C)nnc1-c1cccnc1. The highest BCUT2D eigenvalue weighted by atomic mass is 32.2. The number of hydrogen-bond acceptors (Lipinski definition) is 5. The fourth-order valence-electron chi connectivity index (χ4n) is 3.53. The Morgan fingerprint density at radius 3 is 2.85 bits per heavy atom. The van der Waals surface area contributed by atoms with E-state index >= 15 is 0 Å². The van der Waals surface area contributed by atoms with Crippen molar-refractivity contribution in [2.45, 2.75) is 38.0 Å². The lowest BCUT2D eigenvalue weighted by Gasteiger charge is -2.22. The topological polar surface area (TPSA) is 63.9 Å². The van der Waals surface area contributed by atoms with Crippen LogP contribution in [0.4, 0.5) is 5.69 Å². The molecule has 7 heteroatoms. The van der Waals surface area contributed by atoms with E-state index < -0.39 is 0 Å². The first-order valence-corrected chi connectivity index (χ1v) is 10.0. The van der Waals surface area contributed by atoms with Crippen molar-refractivity contribution < 1.29 is 4.79 Å². The Kier molecular flexibility index (Phi) is 4.94. The van der Waals surface area contributed by atoms with Gasteiger partial charge in [-0.3, -0.25) is 9.78 Å². The highest BCUT2D eigenvalue weighted by Crippen LogP contribution is 2.33. The summed E-state index contributed by atoms with van der Waals surface area (Å²) in [4.78, 5) is 19.0. The summed E-state index contributed by atoms with van der Waals surface area (Å²) in [6, 6.07) is 12.2. The molecule has 0 bridgehead atoms. The number of benzene rings is 1. The number of fused-ring (bicyclic) bond motifs is 1. The molecule has 0 aliphatic carbocycles. The maximum absolute atomic E-state index is 12.9. The monoisotopic (exact) mass is 379 g/mol. The molecule has 6 nitrogen and oxygen atoms in total. The van der Waals surface area contributed by atoms with Crippen molar-refractivity contribution in [3.05, 3.63) is 54.4 Å². The lowest BCUT2D eigenvalue weighted by Crippen LogP contribution is -2.37. The van der Waals surface area contributed by atoms with Crippen LogP contribution in [-0.4, -0.2) is 37.5 Å². The van der Waals surface area contributed by atoms with E-state index in [0.717, 1.165) is 35.2 Å². The van der Waals surface area contributed by atoms with Crippen molar-refractivity contribution in [3.63, 3.8) is 0 Å². The molecular formula is C20H21N5OS. The molecule has 27 heavy (non-hydrogen) atoms. The molecule has 4 rings (SSSR count). The summed E-state index contributed by atoms with van der Waals surface area (Å²) in [6.45, 7) is 4.88. The number of para-hydroxylation sites is 1. The van der Waals surface area contributed by atoms with Crippen molar-refractivity contribution in [3.8, 4) is 11.4 Å². The molecule has 3 aromatic rings. The third-order valence-corrected chi connectivity index (χ3v) is 5.71. The molecule has 0 saturated carbocycles. The third kappa shape index (κ3) is 3.35. The van der Waals surface area contributed by atoms with Crippen molar-refractivity contribution in [2.75, 3.05) is 10.7 Å². The molecule has 1 unspecified atom stereocenters. The van der Waals surface area contributed by atoms with Gasteiger partial charge in [-0.15, -0.1) is 10.2 Å². The lowest BCUT2D eigenvalue weighted by molar-refractivity contribution is -0.116. The standard InChI is InChI=1S/C20H21N5OS/c1-3-24-19(16-8-6-10-21-12-16)22-23-20(24)27-13-18(26)25-14(2)11-15-7-4-5-9-17(15)25/h4-10,12,14H,3,11,13H2,1-2H3. The number of rotatable bonds is 5. The Morgan fingerprint density at radius 1 is 1.22 bits per heavy atom. The first-order valence-electron chi connectivity index (χ1n) is 9.05. The number of nitrogens with zero attached hydrogens (tertiary/aromatic N) is 5. The Labute approximate surface area is 162 Å². The van der Waals surface area contributed by atoms with E-state index in [0.29, 0.717) is 5.75 Å². The van der Waals surface area contributed by atoms with Gasteiger partial charge in [0.15, 0.2) is 11.0 Å². The highest BCUT2D eigenvalue weighted by Gasteiger charge is 2.30. The van der Waals surface area contributed by atoms with Gasteiger partial charge < -0.3 is 9.47 Å². The summed E-state index contributed by atoms with van der Waals surface area (Å²) in [7, 11) is 0. The van der Waals surface area contributed by atoms with Gasteiger partial charge in [-0.25, -0.2) is 0 Å². The fraction of sp³-hybridized carbons (Fsp3) is 0.300. The molecule has 1 aromatic carbocycles. The summed E-state index contributed by atoms with van der Waals surface area (Å²) < 4.78 is 2.02. The number of carbonyl (C=O) groups is 1. The lowest BCUT2D eigenvalue weighted by atomic mass is 10.1. The van der Waals surface area contributed by atoms with E-state index in [1.165, 1.54) is 17.3 Å². The van der Waals surface area contributed by atoms with Crippen molar-refractivity contribution in [1.82, 2.24) is 19.7 Å². The van der Waals surface area contributed by atoms with Gasteiger partial charge >= 0.3 is 0 Å². The van der Waals surface area contributed by atoms with Gasteiger partial charge in [-0.2, -0.15) is 0 Å². The molecule has 1 atom stereocenters. The highest BCUT2D eigenvalue weighted by molar-refractivity contribution is 7.99. The minimum absolute atomic E-state index is 0.103. The zero-order chi connectivity index (χ0) is 18.8. The van der Waals surface area contributed by atoms with Gasteiger partial charge in [0.25, 0.3) is 0 Å².